The molecule has 2 rings (SSSR count). The zero-order valence-corrected chi connectivity index (χ0v) is 11.8. The molecular weight excluding hydrogens is 254 g/mol. The fraction of sp³-hybridized carbons (Fsp3) is 0.267. The summed E-state index contributed by atoms with van der Waals surface area (Å²) in [6.07, 6.45) is 0.889. The third kappa shape index (κ3) is 2.93. The van der Waals surface area contributed by atoms with Gasteiger partial charge >= 0.3 is 5.97 Å². The van der Waals surface area contributed by atoms with Gasteiger partial charge < -0.3 is 10.4 Å². The van der Waals surface area contributed by atoms with Gasteiger partial charge in [-0.25, -0.2) is 14.8 Å². The van der Waals surface area contributed by atoms with Crippen LogP contribution in [0.4, 0.5) is 11.5 Å². The number of aryl methyl sites for hydroxylation is 3. The summed E-state index contributed by atoms with van der Waals surface area (Å²) in [5.74, 6) is -0.128. The summed E-state index contributed by atoms with van der Waals surface area (Å²) in [7, 11) is 0. The van der Waals surface area contributed by atoms with Crippen LogP contribution in [-0.4, -0.2) is 21.0 Å². The minimum Gasteiger partial charge on any atom is -0.477 e. The number of nitrogens with zero attached hydrogens (tertiary/aromatic N) is 2. The second kappa shape index (κ2) is 5.69. The molecule has 0 fully saturated rings. The van der Waals surface area contributed by atoms with Crippen molar-refractivity contribution < 1.29 is 9.90 Å². The van der Waals surface area contributed by atoms with Crippen molar-refractivity contribution in [3.63, 3.8) is 0 Å². The van der Waals surface area contributed by atoms with Crippen LogP contribution in [0, 0.1) is 13.8 Å². The van der Waals surface area contributed by atoms with E-state index in [1.165, 1.54) is 6.07 Å². The smallest absolute Gasteiger partial charge is 0.354 e. The van der Waals surface area contributed by atoms with Crippen LogP contribution in [0.2, 0.25) is 0 Å². The molecule has 0 atom stereocenters. The van der Waals surface area contributed by atoms with Crippen molar-refractivity contribution in [2.45, 2.75) is 27.2 Å². The molecule has 0 spiro atoms. The van der Waals surface area contributed by atoms with Crippen LogP contribution in [0.1, 0.15) is 34.4 Å². The van der Waals surface area contributed by atoms with Gasteiger partial charge in [-0.2, -0.15) is 0 Å². The summed E-state index contributed by atoms with van der Waals surface area (Å²) in [5, 5.41) is 12.3. The quantitative estimate of drug-likeness (QED) is 0.893. The number of hydrogen-bond donors (Lipinski definition) is 2. The summed E-state index contributed by atoms with van der Waals surface area (Å²) in [5.41, 5.74) is 3.23. The second-order valence-corrected chi connectivity index (χ2v) is 4.58. The summed E-state index contributed by atoms with van der Waals surface area (Å²) in [6.45, 7) is 5.76. The van der Waals surface area contributed by atoms with Gasteiger partial charge in [0.25, 0.3) is 0 Å². The fourth-order valence-corrected chi connectivity index (χ4v) is 2.07. The molecule has 5 heteroatoms. The van der Waals surface area contributed by atoms with E-state index in [9.17, 15) is 4.79 Å². The van der Waals surface area contributed by atoms with Crippen LogP contribution in [0.25, 0.3) is 0 Å². The fourth-order valence-electron chi connectivity index (χ4n) is 2.07. The van der Waals surface area contributed by atoms with E-state index in [1.54, 1.807) is 6.92 Å². The Bertz CT molecular complexity index is 654. The zero-order valence-electron chi connectivity index (χ0n) is 11.8. The number of anilines is 2. The molecule has 2 N–H and O–H groups in total. The van der Waals surface area contributed by atoms with E-state index in [-0.39, 0.29) is 5.69 Å². The topological polar surface area (TPSA) is 75.1 Å². The van der Waals surface area contributed by atoms with Gasteiger partial charge in [0.15, 0.2) is 5.69 Å². The van der Waals surface area contributed by atoms with Crippen LogP contribution in [0.15, 0.2) is 24.3 Å². The van der Waals surface area contributed by atoms with Crippen molar-refractivity contribution in [2.75, 3.05) is 5.32 Å². The molecule has 2 aromatic rings. The molecule has 0 saturated carbocycles. The largest absolute Gasteiger partial charge is 0.477 e. The molecule has 0 unspecified atom stereocenters. The Kier molecular flexibility index (Phi) is 3.98. The van der Waals surface area contributed by atoms with E-state index in [1.807, 2.05) is 25.1 Å². The first-order chi connectivity index (χ1) is 9.51. The molecule has 0 aliphatic rings. The number of nitrogens with one attached hydrogen (secondary N) is 1. The number of aromatic nitrogens is 2. The molecule has 0 saturated heterocycles. The summed E-state index contributed by atoms with van der Waals surface area (Å²) in [6, 6.07) is 7.50. The first-order valence-electron chi connectivity index (χ1n) is 6.45. The number of carbonyl (C=O) groups is 1. The Labute approximate surface area is 117 Å². The van der Waals surface area contributed by atoms with Crippen molar-refractivity contribution in [2.24, 2.45) is 0 Å². The Morgan fingerprint density at radius 1 is 1.30 bits per heavy atom. The number of rotatable bonds is 4. The van der Waals surface area contributed by atoms with Crippen molar-refractivity contribution >= 4 is 17.5 Å². The number of carboxylic acids is 1. The van der Waals surface area contributed by atoms with Crippen LogP contribution >= 0.6 is 0 Å². The highest BCUT2D eigenvalue weighted by Crippen LogP contribution is 2.24. The maximum absolute atomic E-state index is 11.0. The molecule has 0 aliphatic heterocycles. The third-order valence-electron chi connectivity index (χ3n) is 3.05. The normalized spacial score (nSPS) is 10.3. The van der Waals surface area contributed by atoms with Crippen molar-refractivity contribution in [3.8, 4) is 0 Å². The highest BCUT2D eigenvalue weighted by Gasteiger charge is 2.10. The standard InChI is InChI=1S/C15H17N3O2/c1-4-11-7-5-6-9(2)14(11)18-13-8-12(15(19)20)16-10(3)17-13/h5-8H,4H2,1-3H3,(H,19,20)(H,16,17,18). The maximum atomic E-state index is 11.0. The van der Waals surface area contributed by atoms with Gasteiger partial charge in [0.1, 0.15) is 11.6 Å². The second-order valence-electron chi connectivity index (χ2n) is 4.58. The first-order valence-corrected chi connectivity index (χ1v) is 6.45. The third-order valence-corrected chi connectivity index (χ3v) is 3.05. The lowest BCUT2D eigenvalue weighted by Crippen LogP contribution is -2.07. The van der Waals surface area contributed by atoms with Gasteiger partial charge in [-0.15, -0.1) is 0 Å². The van der Waals surface area contributed by atoms with Crippen LogP contribution in [0.5, 0.6) is 0 Å². The molecule has 104 valence electrons. The minimum absolute atomic E-state index is 0.00775. The average molecular weight is 271 g/mol. The molecule has 0 aliphatic carbocycles. The molecule has 0 bridgehead atoms. The predicted octanol–water partition coefficient (Wildman–Crippen LogP) is 3.10. The number of hydrogen-bond acceptors (Lipinski definition) is 4. The van der Waals surface area contributed by atoms with Crippen LogP contribution in [-0.2, 0) is 6.42 Å². The summed E-state index contributed by atoms with van der Waals surface area (Å²) in [4.78, 5) is 19.2. The van der Waals surface area contributed by atoms with Crippen molar-refractivity contribution in [1.82, 2.24) is 9.97 Å². The van der Waals surface area contributed by atoms with E-state index < -0.39 is 5.97 Å². The molecule has 5 nitrogen and oxygen atoms in total. The van der Waals surface area contributed by atoms with Gasteiger partial charge in [0.2, 0.25) is 0 Å². The molecular formula is C15H17N3O2. The molecule has 1 aromatic heterocycles. The number of para-hydroxylation sites is 1. The SMILES string of the molecule is CCc1cccc(C)c1Nc1cc(C(=O)O)nc(C)n1. The maximum Gasteiger partial charge on any atom is 0.354 e. The van der Waals surface area contributed by atoms with Gasteiger partial charge in [-0.3, -0.25) is 0 Å². The van der Waals surface area contributed by atoms with Crippen LogP contribution < -0.4 is 5.32 Å². The summed E-state index contributed by atoms with van der Waals surface area (Å²) < 4.78 is 0. The average Bonchev–Trinajstić information content (AvgIpc) is 2.40. The number of aromatic carboxylic acids is 1. The summed E-state index contributed by atoms with van der Waals surface area (Å²) >= 11 is 0. The lowest BCUT2D eigenvalue weighted by molar-refractivity contribution is 0.0690. The molecule has 0 amide bonds. The lowest BCUT2D eigenvalue weighted by atomic mass is 10.1. The predicted molar refractivity (Wildman–Crippen MR) is 77.6 cm³/mol. The van der Waals surface area contributed by atoms with Crippen molar-refractivity contribution in [3.05, 3.63) is 46.9 Å². The highest BCUT2D eigenvalue weighted by atomic mass is 16.4. The van der Waals surface area contributed by atoms with Gasteiger partial charge in [-0.05, 0) is 31.4 Å². The number of benzene rings is 1. The van der Waals surface area contributed by atoms with Crippen LogP contribution in [0.3, 0.4) is 0 Å². The molecule has 1 heterocycles. The number of carboxylic acid groups (broad SMARTS) is 1. The Balaban J connectivity index is 2.42. The van der Waals surface area contributed by atoms with Gasteiger partial charge in [0.05, 0.1) is 0 Å². The minimum atomic E-state index is -1.06. The van der Waals surface area contributed by atoms with E-state index in [0.29, 0.717) is 11.6 Å². The Morgan fingerprint density at radius 3 is 2.70 bits per heavy atom. The van der Waals surface area contributed by atoms with Gasteiger partial charge in [-0.1, -0.05) is 25.1 Å². The Morgan fingerprint density at radius 2 is 2.05 bits per heavy atom. The zero-order chi connectivity index (χ0) is 14.7. The van der Waals surface area contributed by atoms with E-state index >= 15 is 0 Å². The lowest BCUT2D eigenvalue weighted by Gasteiger charge is -2.14. The Hall–Kier alpha value is -2.43. The van der Waals surface area contributed by atoms with E-state index in [0.717, 1.165) is 23.2 Å². The molecule has 0 radical (unpaired) electrons. The van der Waals surface area contributed by atoms with E-state index in [4.69, 9.17) is 5.11 Å². The van der Waals surface area contributed by atoms with E-state index in [2.05, 4.69) is 22.2 Å². The monoisotopic (exact) mass is 271 g/mol. The highest BCUT2D eigenvalue weighted by molar-refractivity contribution is 5.86. The van der Waals surface area contributed by atoms with Crippen molar-refractivity contribution in [1.29, 1.82) is 0 Å². The first kappa shape index (κ1) is 14.0. The molecule has 20 heavy (non-hydrogen) atoms. The molecule has 1 aromatic carbocycles. The van der Waals surface area contributed by atoms with Gasteiger partial charge in [0, 0.05) is 11.8 Å².